The lowest BCUT2D eigenvalue weighted by Gasteiger charge is -2.19. The molecule has 0 aromatic heterocycles. The van der Waals surface area contributed by atoms with Gasteiger partial charge in [0.2, 0.25) is 0 Å². The van der Waals surface area contributed by atoms with Gasteiger partial charge in [0, 0.05) is 25.3 Å². The Labute approximate surface area is 125 Å². The number of hydrogen-bond acceptors (Lipinski definition) is 4. The largest absolute Gasteiger partial charge is 0.378 e. The van der Waals surface area contributed by atoms with Crippen LogP contribution in [-0.2, 0) is 9.59 Å². The molecule has 1 aromatic rings. The summed E-state index contributed by atoms with van der Waals surface area (Å²) in [6, 6.07) is 7.63. The molecule has 0 saturated heterocycles. The van der Waals surface area contributed by atoms with Crippen molar-refractivity contribution >= 4 is 23.7 Å². The summed E-state index contributed by atoms with van der Waals surface area (Å²) in [7, 11) is 3.91. The third-order valence-electron chi connectivity index (χ3n) is 2.48. The van der Waals surface area contributed by atoms with Crippen LogP contribution in [0.15, 0.2) is 29.4 Å². The van der Waals surface area contributed by atoms with Crippen molar-refractivity contribution in [2.75, 3.05) is 19.0 Å². The van der Waals surface area contributed by atoms with Crippen molar-refractivity contribution in [2.24, 2.45) is 5.10 Å². The van der Waals surface area contributed by atoms with E-state index in [1.54, 1.807) is 20.8 Å². The zero-order chi connectivity index (χ0) is 16.0. The van der Waals surface area contributed by atoms with Crippen LogP contribution < -0.4 is 15.6 Å². The Morgan fingerprint density at radius 3 is 2.14 bits per heavy atom. The van der Waals surface area contributed by atoms with E-state index < -0.39 is 17.4 Å². The van der Waals surface area contributed by atoms with E-state index in [0.29, 0.717) is 0 Å². The molecule has 2 N–H and O–H groups in total. The fraction of sp³-hybridized carbons (Fsp3) is 0.400. The van der Waals surface area contributed by atoms with E-state index in [9.17, 15) is 9.59 Å². The molecule has 0 atom stereocenters. The van der Waals surface area contributed by atoms with E-state index in [1.165, 1.54) is 6.21 Å². The summed E-state index contributed by atoms with van der Waals surface area (Å²) in [6.45, 7) is 5.40. The van der Waals surface area contributed by atoms with Gasteiger partial charge < -0.3 is 10.2 Å². The van der Waals surface area contributed by atoms with Crippen LogP contribution in [-0.4, -0.2) is 37.7 Å². The van der Waals surface area contributed by atoms with Gasteiger partial charge in [-0.05, 0) is 38.5 Å². The molecule has 0 aliphatic carbocycles. The molecule has 114 valence electrons. The normalized spacial score (nSPS) is 11.3. The standard InChI is InChI=1S/C15H22N4O2/c1-15(2,3)17-13(20)14(21)18-16-10-11-6-8-12(9-7-11)19(4)5/h6-10H,1-5H3,(H,17,20)(H,18,21)/b16-10-. The van der Waals surface area contributed by atoms with Gasteiger partial charge >= 0.3 is 11.8 Å². The molecule has 6 nitrogen and oxygen atoms in total. The Hall–Kier alpha value is -2.37. The minimum atomic E-state index is -0.786. The average molecular weight is 290 g/mol. The van der Waals surface area contributed by atoms with Crippen molar-refractivity contribution in [2.45, 2.75) is 26.3 Å². The first kappa shape index (κ1) is 16.7. The fourth-order valence-corrected chi connectivity index (χ4v) is 1.47. The average Bonchev–Trinajstić information content (AvgIpc) is 2.37. The number of carbonyl (C=O) groups excluding carboxylic acids is 2. The van der Waals surface area contributed by atoms with E-state index >= 15 is 0 Å². The Bertz CT molecular complexity index is 528. The SMILES string of the molecule is CN(C)c1ccc(/C=N\NC(=O)C(=O)NC(C)(C)C)cc1. The van der Waals surface area contributed by atoms with E-state index in [0.717, 1.165) is 11.3 Å². The first-order chi connectivity index (χ1) is 9.69. The number of rotatable bonds is 3. The van der Waals surface area contributed by atoms with Crippen molar-refractivity contribution < 1.29 is 9.59 Å². The van der Waals surface area contributed by atoms with Gasteiger partial charge in [-0.15, -0.1) is 0 Å². The monoisotopic (exact) mass is 290 g/mol. The number of hydrogen-bond donors (Lipinski definition) is 2. The maximum absolute atomic E-state index is 11.5. The van der Waals surface area contributed by atoms with E-state index in [2.05, 4.69) is 15.8 Å². The molecule has 1 rings (SSSR count). The van der Waals surface area contributed by atoms with E-state index in [-0.39, 0.29) is 0 Å². The van der Waals surface area contributed by atoms with Gasteiger partial charge in [-0.3, -0.25) is 9.59 Å². The van der Waals surface area contributed by atoms with Crippen LogP contribution in [0.25, 0.3) is 0 Å². The lowest BCUT2D eigenvalue weighted by Crippen LogP contribution is -2.47. The van der Waals surface area contributed by atoms with Gasteiger partial charge in [-0.1, -0.05) is 12.1 Å². The highest BCUT2D eigenvalue weighted by Crippen LogP contribution is 2.10. The number of nitrogens with zero attached hydrogens (tertiary/aromatic N) is 2. The van der Waals surface area contributed by atoms with Gasteiger partial charge in [0.15, 0.2) is 0 Å². The second-order valence-corrected chi connectivity index (χ2v) is 5.89. The molecular formula is C15H22N4O2. The molecule has 0 spiro atoms. The molecule has 0 bridgehead atoms. The molecule has 0 heterocycles. The summed E-state index contributed by atoms with van der Waals surface area (Å²) in [5, 5.41) is 6.33. The predicted molar refractivity (Wildman–Crippen MR) is 84.4 cm³/mol. The van der Waals surface area contributed by atoms with Gasteiger partial charge in [0.25, 0.3) is 0 Å². The maximum atomic E-state index is 11.5. The highest BCUT2D eigenvalue weighted by Gasteiger charge is 2.19. The zero-order valence-corrected chi connectivity index (χ0v) is 13.1. The second-order valence-electron chi connectivity index (χ2n) is 5.89. The molecule has 6 heteroatoms. The van der Waals surface area contributed by atoms with E-state index in [4.69, 9.17) is 0 Å². The second kappa shape index (κ2) is 6.88. The highest BCUT2D eigenvalue weighted by atomic mass is 16.2. The molecule has 1 aromatic carbocycles. The number of carbonyl (C=O) groups is 2. The first-order valence-electron chi connectivity index (χ1n) is 6.62. The van der Waals surface area contributed by atoms with Crippen molar-refractivity contribution in [1.82, 2.24) is 10.7 Å². The van der Waals surface area contributed by atoms with Crippen LogP contribution in [0, 0.1) is 0 Å². The lowest BCUT2D eigenvalue weighted by molar-refractivity contribution is -0.140. The molecule has 0 aliphatic rings. The summed E-state index contributed by atoms with van der Waals surface area (Å²) < 4.78 is 0. The summed E-state index contributed by atoms with van der Waals surface area (Å²) >= 11 is 0. The molecule has 0 radical (unpaired) electrons. The summed E-state index contributed by atoms with van der Waals surface area (Å²) in [5.41, 5.74) is 3.64. The Morgan fingerprint density at radius 1 is 1.10 bits per heavy atom. The van der Waals surface area contributed by atoms with E-state index in [1.807, 2.05) is 43.3 Å². The van der Waals surface area contributed by atoms with Crippen molar-refractivity contribution in [3.8, 4) is 0 Å². The zero-order valence-electron chi connectivity index (χ0n) is 13.1. The summed E-state index contributed by atoms with van der Waals surface area (Å²) in [5.74, 6) is -1.49. The lowest BCUT2D eigenvalue weighted by atomic mass is 10.1. The quantitative estimate of drug-likeness (QED) is 0.498. The number of anilines is 1. The van der Waals surface area contributed by atoms with Crippen LogP contribution in [0.1, 0.15) is 26.3 Å². The Balaban J connectivity index is 2.54. The number of amides is 2. The minimum absolute atomic E-state index is 0.458. The third kappa shape index (κ3) is 6.07. The van der Waals surface area contributed by atoms with Gasteiger partial charge in [0.1, 0.15) is 0 Å². The Morgan fingerprint density at radius 2 is 1.67 bits per heavy atom. The number of nitrogens with one attached hydrogen (secondary N) is 2. The van der Waals surface area contributed by atoms with Gasteiger partial charge in [0.05, 0.1) is 6.21 Å². The van der Waals surface area contributed by atoms with Crippen LogP contribution in [0.2, 0.25) is 0 Å². The van der Waals surface area contributed by atoms with Crippen LogP contribution >= 0.6 is 0 Å². The minimum Gasteiger partial charge on any atom is -0.378 e. The summed E-state index contributed by atoms with van der Waals surface area (Å²) in [6.07, 6.45) is 1.49. The van der Waals surface area contributed by atoms with Gasteiger partial charge in [-0.25, -0.2) is 5.43 Å². The van der Waals surface area contributed by atoms with Crippen LogP contribution in [0.5, 0.6) is 0 Å². The molecule has 0 fully saturated rings. The van der Waals surface area contributed by atoms with Crippen LogP contribution in [0.4, 0.5) is 5.69 Å². The third-order valence-corrected chi connectivity index (χ3v) is 2.48. The number of benzene rings is 1. The number of hydrazone groups is 1. The molecule has 2 amide bonds. The first-order valence-corrected chi connectivity index (χ1v) is 6.62. The molecule has 0 aliphatic heterocycles. The van der Waals surface area contributed by atoms with Crippen molar-refractivity contribution in [3.05, 3.63) is 29.8 Å². The topological polar surface area (TPSA) is 73.8 Å². The Kier molecular flexibility index (Phi) is 5.46. The smallest absolute Gasteiger partial charge is 0.329 e. The van der Waals surface area contributed by atoms with Gasteiger partial charge in [-0.2, -0.15) is 5.10 Å². The van der Waals surface area contributed by atoms with Crippen LogP contribution in [0.3, 0.4) is 0 Å². The van der Waals surface area contributed by atoms with Crippen molar-refractivity contribution in [1.29, 1.82) is 0 Å². The predicted octanol–water partition coefficient (Wildman–Crippen LogP) is 1.12. The van der Waals surface area contributed by atoms with Crippen molar-refractivity contribution in [3.63, 3.8) is 0 Å². The maximum Gasteiger partial charge on any atom is 0.329 e. The highest BCUT2D eigenvalue weighted by molar-refractivity contribution is 6.35. The molecular weight excluding hydrogens is 268 g/mol. The fourth-order valence-electron chi connectivity index (χ4n) is 1.47. The molecule has 0 saturated carbocycles. The molecule has 21 heavy (non-hydrogen) atoms. The molecule has 0 unspecified atom stereocenters. The summed E-state index contributed by atoms with van der Waals surface area (Å²) in [4.78, 5) is 25.0.